The van der Waals surface area contributed by atoms with Gasteiger partial charge in [0.1, 0.15) is 0 Å². The number of hydrogen-bond acceptors (Lipinski definition) is 2. The predicted octanol–water partition coefficient (Wildman–Crippen LogP) is 2.27. The number of hydrogen-bond donors (Lipinski definition) is 1. The van der Waals surface area contributed by atoms with E-state index in [9.17, 15) is 0 Å². The lowest BCUT2D eigenvalue weighted by atomic mass is 9.81. The molecule has 4 bridgehead atoms. The zero-order chi connectivity index (χ0) is 12.1. The van der Waals surface area contributed by atoms with Gasteiger partial charge < -0.3 is 10.2 Å². The molecule has 2 aliphatic carbocycles. The van der Waals surface area contributed by atoms with Gasteiger partial charge in [0.15, 0.2) is 0 Å². The van der Waals surface area contributed by atoms with Crippen LogP contribution in [0, 0.1) is 23.7 Å². The first-order chi connectivity index (χ1) is 8.79. The van der Waals surface area contributed by atoms with Crippen molar-refractivity contribution in [1.29, 1.82) is 0 Å². The van der Waals surface area contributed by atoms with Gasteiger partial charge in [0.25, 0.3) is 0 Å². The Labute approximate surface area is 111 Å². The largest absolute Gasteiger partial charge is 0.310 e. The van der Waals surface area contributed by atoms with Gasteiger partial charge >= 0.3 is 0 Å². The second kappa shape index (κ2) is 4.35. The Balaban J connectivity index is 1.38. The van der Waals surface area contributed by atoms with E-state index in [4.69, 9.17) is 0 Å². The van der Waals surface area contributed by atoms with Crippen LogP contribution in [0.5, 0.6) is 0 Å². The average molecular weight is 246 g/mol. The number of allylic oxidation sites excluding steroid dienone is 2. The van der Waals surface area contributed by atoms with Gasteiger partial charge in [-0.2, -0.15) is 0 Å². The lowest BCUT2D eigenvalue weighted by Crippen LogP contribution is -2.58. The minimum Gasteiger partial charge on any atom is -0.310 e. The third kappa shape index (κ3) is 1.85. The van der Waals surface area contributed by atoms with Gasteiger partial charge in [-0.15, -0.1) is 0 Å². The summed E-state index contributed by atoms with van der Waals surface area (Å²) >= 11 is 0. The first-order valence-corrected chi connectivity index (χ1v) is 7.96. The van der Waals surface area contributed by atoms with Gasteiger partial charge in [-0.05, 0) is 69.4 Å². The summed E-state index contributed by atoms with van der Waals surface area (Å²) in [5.41, 5.74) is 0. The van der Waals surface area contributed by atoms with Crippen molar-refractivity contribution in [3.05, 3.63) is 12.2 Å². The van der Waals surface area contributed by atoms with Crippen molar-refractivity contribution in [2.45, 2.75) is 44.7 Å². The van der Waals surface area contributed by atoms with Gasteiger partial charge in [0.05, 0.1) is 0 Å². The van der Waals surface area contributed by atoms with Crippen molar-refractivity contribution >= 4 is 0 Å². The van der Waals surface area contributed by atoms with Crippen molar-refractivity contribution in [1.82, 2.24) is 10.2 Å². The molecule has 1 saturated carbocycles. The number of fused-ring (bicyclic) bond motifs is 5. The Kier molecular flexibility index (Phi) is 2.77. The highest BCUT2D eigenvalue weighted by atomic mass is 15.2. The van der Waals surface area contributed by atoms with E-state index < -0.39 is 0 Å². The molecule has 5 unspecified atom stereocenters. The molecule has 0 spiro atoms. The zero-order valence-corrected chi connectivity index (χ0v) is 11.5. The smallest absolute Gasteiger partial charge is 0.0226 e. The van der Waals surface area contributed by atoms with Crippen LogP contribution in [0.3, 0.4) is 0 Å². The van der Waals surface area contributed by atoms with Crippen molar-refractivity contribution < 1.29 is 0 Å². The third-order valence-corrected chi connectivity index (χ3v) is 6.11. The van der Waals surface area contributed by atoms with Crippen molar-refractivity contribution in [2.75, 3.05) is 19.6 Å². The molecule has 1 N–H and O–H groups in total. The number of rotatable bonds is 3. The van der Waals surface area contributed by atoms with E-state index in [0.29, 0.717) is 0 Å². The van der Waals surface area contributed by atoms with Crippen molar-refractivity contribution in [2.24, 2.45) is 23.7 Å². The molecular formula is C16H26N2. The Morgan fingerprint density at radius 1 is 1.17 bits per heavy atom. The lowest BCUT2D eigenvalue weighted by molar-refractivity contribution is 0.0626. The third-order valence-electron chi connectivity index (χ3n) is 6.11. The van der Waals surface area contributed by atoms with Crippen LogP contribution in [0.15, 0.2) is 12.2 Å². The van der Waals surface area contributed by atoms with Crippen LogP contribution >= 0.6 is 0 Å². The molecule has 3 heterocycles. The molecule has 2 nitrogen and oxygen atoms in total. The van der Waals surface area contributed by atoms with Gasteiger partial charge in [0.2, 0.25) is 0 Å². The highest BCUT2D eigenvalue weighted by Crippen LogP contribution is 2.45. The van der Waals surface area contributed by atoms with Crippen LogP contribution in [-0.2, 0) is 0 Å². The van der Waals surface area contributed by atoms with E-state index >= 15 is 0 Å². The second-order valence-electron chi connectivity index (χ2n) is 7.14. The highest BCUT2D eigenvalue weighted by Gasteiger charge is 2.41. The maximum absolute atomic E-state index is 4.00. The van der Waals surface area contributed by atoms with E-state index in [0.717, 1.165) is 35.8 Å². The van der Waals surface area contributed by atoms with Crippen LogP contribution in [0.4, 0.5) is 0 Å². The first kappa shape index (κ1) is 11.5. The Morgan fingerprint density at radius 3 is 2.56 bits per heavy atom. The number of piperidine rings is 3. The molecule has 0 aromatic carbocycles. The van der Waals surface area contributed by atoms with E-state index in [1.165, 1.54) is 45.3 Å². The van der Waals surface area contributed by atoms with E-state index in [1.807, 2.05) is 0 Å². The molecular weight excluding hydrogens is 220 g/mol. The molecule has 0 amide bonds. The SMILES string of the molecule is CC(NC1CN2CCC1CC2)C1CC2C=CC1C2. The van der Waals surface area contributed by atoms with Crippen LogP contribution < -0.4 is 5.32 Å². The molecule has 3 saturated heterocycles. The van der Waals surface area contributed by atoms with Crippen LogP contribution in [0.2, 0.25) is 0 Å². The summed E-state index contributed by atoms with van der Waals surface area (Å²) < 4.78 is 0. The standard InChI is InChI=1S/C16H26N2/c1-11(15-9-12-2-3-14(15)8-12)17-16-10-18-6-4-13(16)5-7-18/h2-3,11-17H,4-10H2,1H3. The molecule has 100 valence electrons. The summed E-state index contributed by atoms with van der Waals surface area (Å²) in [6.45, 7) is 6.46. The summed E-state index contributed by atoms with van der Waals surface area (Å²) in [4.78, 5) is 2.66. The molecule has 3 aliphatic heterocycles. The van der Waals surface area contributed by atoms with Crippen LogP contribution in [0.1, 0.15) is 32.6 Å². The molecule has 0 aromatic heterocycles. The van der Waals surface area contributed by atoms with Crippen LogP contribution in [-0.4, -0.2) is 36.6 Å². The molecule has 5 rings (SSSR count). The predicted molar refractivity (Wildman–Crippen MR) is 74.4 cm³/mol. The first-order valence-electron chi connectivity index (χ1n) is 7.96. The van der Waals surface area contributed by atoms with E-state index in [-0.39, 0.29) is 0 Å². The summed E-state index contributed by atoms with van der Waals surface area (Å²) in [7, 11) is 0. The molecule has 2 heteroatoms. The summed E-state index contributed by atoms with van der Waals surface area (Å²) in [6.07, 6.45) is 10.7. The fourth-order valence-electron chi connectivity index (χ4n) is 5.01. The fraction of sp³-hybridized carbons (Fsp3) is 0.875. The zero-order valence-electron chi connectivity index (χ0n) is 11.5. The summed E-state index contributed by atoms with van der Waals surface area (Å²) in [5, 5.41) is 4.00. The summed E-state index contributed by atoms with van der Waals surface area (Å²) in [6, 6.07) is 1.50. The molecule has 0 aromatic rings. The highest BCUT2D eigenvalue weighted by molar-refractivity contribution is 5.12. The normalized spacial score (nSPS) is 50.9. The van der Waals surface area contributed by atoms with E-state index in [2.05, 4.69) is 29.3 Å². The van der Waals surface area contributed by atoms with Gasteiger partial charge in [-0.3, -0.25) is 0 Å². The average Bonchev–Trinajstić information content (AvgIpc) is 3.02. The fourth-order valence-corrected chi connectivity index (χ4v) is 5.01. The molecule has 18 heavy (non-hydrogen) atoms. The summed E-state index contributed by atoms with van der Waals surface area (Å²) in [5.74, 6) is 3.68. The van der Waals surface area contributed by atoms with Crippen LogP contribution in [0.25, 0.3) is 0 Å². The van der Waals surface area contributed by atoms with Gasteiger partial charge in [-0.1, -0.05) is 12.2 Å². The Morgan fingerprint density at radius 2 is 2.00 bits per heavy atom. The maximum atomic E-state index is 4.00. The minimum atomic E-state index is 0.718. The quantitative estimate of drug-likeness (QED) is 0.769. The van der Waals surface area contributed by atoms with Gasteiger partial charge in [0, 0.05) is 18.6 Å². The van der Waals surface area contributed by atoms with Crippen molar-refractivity contribution in [3.63, 3.8) is 0 Å². The minimum absolute atomic E-state index is 0.718. The van der Waals surface area contributed by atoms with Crippen molar-refractivity contribution in [3.8, 4) is 0 Å². The number of nitrogens with one attached hydrogen (secondary N) is 1. The molecule has 5 aliphatic rings. The maximum Gasteiger partial charge on any atom is 0.0226 e. The Hall–Kier alpha value is -0.340. The Bertz CT molecular complexity index is 343. The number of nitrogens with zero attached hydrogens (tertiary/aromatic N) is 1. The monoisotopic (exact) mass is 246 g/mol. The second-order valence-corrected chi connectivity index (χ2v) is 7.14. The van der Waals surface area contributed by atoms with Gasteiger partial charge in [-0.25, -0.2) is 0 Å². The molecule has 0 radical (unpaired) electrons. The lowest BCUT2D eigenvalue weighted by Gasteiger charge is -2.46. The van der Waals surface area contributed by atoms with E-state index in [1.54, 1.807) is 0 Å². The molecule has 5 atom stereocenters. The topological polar surface area (TPSA) is 15.3 Å². The molecule has 4 fully saturated rings.